The van der Waals surface area contributed by atoms with Crippen LogP contribution >= 0.6 is 11.3 Å². The Morgan fingerprint density at radius 2 is 2.33 bits per heavy atom. The molecule has 15 heavy (non-hydrogen) atoms. The molecule has 0 fully saturated rings. The summed E-state index contributed by atoms with van der Waals surface area (Å²) in [6.07, 6.45) is 2.52. The van der Waals surface area contributed by atoms with Crippen molar-refractivity contribution < 1.29 is 0 Å². The van der Waals surface area contributed by atoms with Crippen LogP contribution in [0.1, 0.15) is 24.6 Å². The molecule has 3 heteroatoms. The van der Waals surface area contributed by atoms with Crippen molar-refractivity contribution >= 4 is 11.3 Å². The van der Waals surface area contributed by atoms with Crippen LogP contribution in [0.25, 0.3) is 0 Å². The van der Waals surface area contributed by atoms with E-state index in [1.54, 1.807) is 0 Å². The monoisotopic (exact) mass is 226 g/mol. The second-order valence-corrected chi connectivity index (χ2v) is 5.12. The van der Waals surface area contributed by atoms with Crippen molar-refractivity contribution in [3.05, 3.63) is 22.4 Å². The van der Waals surface area contributed by atoms with Crippen molar-refractivity contribution in [1.82, 2.24) is 10.2 Å². The fourth-order valence-electron chi connectivity index (χ4n) is 1.60. The van der Waals surface area contributed by atoms with E-state index in [1.165, 1.54) is 17.7 Å². The normalized spacial score (nSPS) is 13.3. The van der Waals surface area contributed by atoms with Gasteiger partial charge in [-0.25, -0.2) is 0 Å². The third kappa shape index (κ3) is 4.78. The minimum Gasteiger partial charge on any atom is -0.320 e. The first-order chi connectivity index (χ1) is 7.24. The fraction of sp³-hybridized carbons (Fsp3) is 0.667. The van der Waals surface area contributed by atoms with Crippen molar-refractivity contribution in [3.8, 4) is 0 Å². The molecule has 0 spiro atoms. The number of nitrogens with one attached hydrogen (secondary N) is 1. The first-order valence-electron chi connectivity index (χ1n) is 5.61. The van der Waals surface area contributed by atoms with Crippen LogP contribution in [0.15, 0.2) is 17.5 Å². The van der Waals surface area contributed by atoms with E-state index in [9.17, 15) is 0 Å². The summed E-state index contributed by atoms with van der Waals surface area (Å²) >= 11 is 1.84. The number of nitrogens with zero attached hydrogens (tertiary/aromatic N) is 1. The lowest BCUT2D eigenvalue weighted by Crippen LogP contribution is -2.28. The molecule has 0 saturated carbocycles. The highest BCUT2D eigenvalue weighted by Gasteiger charge is 2.09. The second kappa shape index (κ2) is 6.99. The Hall–Kier alpha value is -0.380. The highest BCUT2D eigenvalue weighted by Crippen LogP contribution is 2.14. The van der Waals surface area contributed by atoms with Gasteiger partial charge in [0, 0.05) is 17.5 Å². The molecule has 86 valence electrons. The molecule has 0 bridgehead atoms. The van der Waals surface area contributed by atoms with Gasteiger partial charge in [0.15, 0.2) is 0 Å². The lowest BCUT2D eigenvalue weighted by molar-refractivity contribution is 0.236. The third-order valence-electron chi connectivity index (χ3n) is 2.79. The van der Waals surface area contributed by atoms with E-state index in [4.69, 9.17) is 0 Å². The van der Waals surface area contributed by atoms with Crippen LogP contribution < -0.4 is 5.32 Å². The molecule has 0 aromatic carbocycles. The zero-order valence-electron chi connectivity index (χ0n) is 9.99. The van der Waals surface area contributed by atoms with Crippen LogP contribution in [0.4, 0.5) is 0 Å². The zero-order chi connectivity index (χ0) is 11.1. The Balaban J connectivity index is 2.23. The number of thiophene rings is 1. The lowest BCUT2D eigenvalue weighted by Gasteiger charge is -2.24. The minimum atomic E-state index is 0.667. The van der Waals surface area contributed by atoms with Crippen LogP contribution in [0, 0.1) is 0 Å². The van der Waals surface area contributed by atoms with Gasteiger partial charge in [0.1, 0.15) is 0 Å². The van der Waals surface area contributed by atoms with E-state index in [1.807, 2.05) is 18.4 Å². The van der Waals surface area contributed by atoms with Crippen LogP contribution in [-0.2, 0) is 6.54 Å². The third-order valence-corrected chi connectivity index (χ3v) is 3.65. The molecule has 0 radical (unpaired) electrons. The molecular formula is C12H22N2S. The minimum absolute atomic E-state index is 0.667. The summed E-state index contributed by atoms with van der Waals surface area (Å²) in [6.45, 7) is 4.51. The SMILES string of the molecule is CNCCCC(C)N(C)Cc1cccs1. The summed E-state index contributed by atoms with van der Waals surface area (Å²) < 4.78 is 0. The van der Waals surface area contributed by atoms with Gasteiger partial charge in [-0.05, 0) is 51.9 Å². The Bertz CT molecular complexity index is 246. The summed E-state index contributed by atoms with van der Waals surface area (Å²) in [7, 11) is 4.23. The Labute approximate surface area is 97.3 Å². The van der Waals surface area contributed by atoms with Gasteiger partial charge in [-0.1, -0.05) is 6.07 Å². The topological polar surface area (TPSA) is 15.3 Å². The predicted molar refractivity (Wildman–Crippen MR) is 68.4 cm³/mol. The molecule has 1 aromatic heterocycles. The number of hydrogen-bond acceptors (Lipinski definition) is 3. The standard InChI is InChI=1S/C12H22N2S/c1-11(6-4-8-13-2)14(3)10-12-7-5-9-15-12/h5,7,9,11,13H,4,6,8,10H2,1-3H3. The molecule has 1 aromatic rings. The van der Waals surface area contributed by atoms with Gasteiger partial charge in [0.05, 0.1) is 0 Å². The Kier molecular flexibility index (Phi) is 5.91. The van der Waals surface area contributed by atoms with E-state index in [0.717, 1.165) is 13.1 Å². The average Bonchev–Trinajstić information content (AvgIpc) is 2.70. The van der Waals surface area contributed by atoms with E-state index in [0.29, 0.717) is 6.04 Å². The maximum atomic E-state index is 3.19. The molecule has 1 rings (SSSR count). The van der Waals surface area contributed by atoms with E-state index in [-0.39, 0.29) is 0 Å². The molecule has 2 nitrogen and oxygen atoms in total. The van der Waals surface area contributed by atoms with Crippen molar-refractivity contribution in [1.29, 1.82) is 0 Å². The lowest BCUT2D eigenvalue weighted by atomic mass is 10.1. The Morgan fingerprint density at radius 1 is 1.53 bits per heavy atom. The van der Waals surface area contributed by atoms with Gasteiger partial charge in [0.2, 0.25) is 0 Å². The van der Waals surface area contributed by atoms with Gasteiger partial charge in [0.25, 0.3) is 0 Å². The number of hydrogen-bond donors (Lipinski definition) is 1. The first-order valence-corrected chi connectivity index (χ1v) is 6.49. The molecular weight excluding hydrogens is 204 g/mol. The molecule has 0 amide bonds. The van der Waals surface area contributed by atoms with Crippen LogP contribution in [-0.4, -0.2) is 31.6 Å². The quantitative estimate of drug-likeness (QED) is 0.719. The fourth-order valence-corrected chi connectivity index (χ4v) is 2.37. The van der Waals surface area contributed by atoms with Gasteiger partial charge >= 0.3 is 0 Å². The summed E-state index contributed by atoms with van der Waals surface area (Å²) in [5, 5.41) is 5.34. The van der Waals surface area contributed by atoms with E-state index < -0.39 is 0 Å². The molecule has 0 aliphatic rings. The molecule has 1 atom stereocenters. The predicted octanol–water partition coefficient (Wildman–Crippen LogP) is 2.57. The average molecular weight is 226 g/mol. The van der Waals surface area contributed by atoms with Gasteiger partial charge in [-0.3, -0.25) is 4.90 Å². The van der Waals surface area contributed by atoms with Crippen molar-refractivity contribution in [2.24, 2.45) is 0 Å². The second-order valence-electron chi connectivity index (χ2n) is 4.09. The van der Waals surface area contributed by atoms with Gasteiger partial charge in [-0.2, -0.15) is 0 Å². The van der Waals surface area contributed by atoms with Crippen molar-refractivity contribution in [2.75, 3.05) is 20.6 Å². The Morgan fingerprint density at radius 3 is 2.93 bits per heavy atom. The largest absolute Gasteiger partial charge is 0.320 e. The summed E-state index contributed by atoms with van der Waals surface area (Å²) in [5.41, 5.74) is 0. The van der Waals surface area contributed by atoms with Crippen molar-refractivity contribution in [3.63, 3.8) is 0 Å². The van der Waals surface area contributed by atoms with Crippen LogP contribution in [0.3, 0.4) is 0 Å². The molecule has 1 unspecified atom stereocenters. The molecule has 0 saturated heterocycles. The van der Waals surface area contributed by atoms with E-state index in [2.05, 4.69) is 41.7 Å². The molecule has 0 aliphatic carbocycles. The number of rotatable bonds is 7. The smallest absolute Gasteiger partial charge is 0.0327 e. The summed E-state index contributed by atoms with van der Waals surface area (Å²) in [5.74, 6) is 0. The highest BCUT2D eigenvalue weighted by atomic mass is 32.1. The first kappa shape index (κ1) is 12.7. The van der Waals surface area contributed by atoms with E-state index >= 15 is 0 Å². The zero-order valence-corrected chi connectivity index (χ0v) is 10.8. The molecule has 1 N–H and O–H groups in total. The molecule has 1 heterocycles. The molecule has 0 aliphatic heterocycles. The van der Waals surface area contributed by atoms with Gasteiger partial charge in [-0.15, -0.1) is 11.3 Å². The summed E-state index contributed by atoms with van der Waals surface area (Å²) in [4.78, 5) is 3.89. The van der Waals surface area contributed by atoms with Gasteiger partial charge < -0.3 is 5.32 Å². The maximum absolute atomic E-state index is 3.19. The van der Waals surface area contributed by atoms with Crippen LogP contribution in [0.5, 0.6) is 0 Å². The van der Waals surface area contributed by atoms with Crippen molar-refractivity contribution in [2.45, 2.75) is 32.4 Å². The summed E-state index contributed by atoms with van der Waals surface area (Å²) in [6, 6.07) is 5.00. The maximum Gasteiger partial charge on any atom is 0.0327 e. The highest BCUT2D eigenvalue weighted by molar-refractivity contribution is 7.09. The van der Waals surface area contributed by atoms with Crippen LogP contribution in [0.2, 0.25) is 0 Å².